The van der Waals surface area contributed by atoms with Gasteiger partial charge in [0.25, 0.3) is 0 Å². The molecule has 4 heteroatoms. The van der Waals surface area contributed by atoms with Gasteiger partial charge in [0.05, 0.1) is 18.1 Å². The van der Waals surface area contributed by atoms with Gasteiger partial charge in [-0.1, -0.05) is 13.8 Å². The Hall–Kier alpha value is -0.870. The van der Waals surface area contributed by atoms with Gasteiger partial charge in [-0.2, -0.15) is 0 Å². The van der Waals surface area contributed by atoms with Gasteiger partial charge in [-0.05, 0) is 13.3 Å². The van der Waals surface area contributed by atoms with Crippen LogP contribution in [0.25, 0.3) is 0 Å². The molecule has 1 heterocycles. The van der Waals surface area contributed by atoms with E-state index in [4.69, 9.17) is 10.5 Å². The lowest BCUT2D eigenvalue weighted by atomic mass is 9.64. The molecule has 90 valence electrons. The number of methoxy groups -OCH3 is 1. The van der Waals surface area contributed by atoms with Crippen LogP contribution >= 0.6 is 0 Å². The molecule has 0 radical (unpaired) electrons. The second kappa shape index (κ2) is 3.86. The van der Waals surface area contributed by atoms with Crippen molar-refractivity contribution in [2.45, 2.75) is 45.4 Å². The Morgan fingerprint density at radius 3 is 2.81 bits per heavy atom. The fraction of sp³-hybridized carbons (Fsp3) is 0.750. The zero-order valence-corrected chi connectivity index (χ0v) is 10.5. The molecule has 0 bridgehead atoms. The van der Waals surface area contributed by atoms with Gasteiger partial charge in [-0.15, -0.1) is 0 Å². The average Bonchev–Trinajstić information content (AvgIpc) is 2.65. The molecule has 1 aromatic rings. The lowest BCUT2D eigenvalue weighted by Gasteiger charge is -2.52. The third-order valence-corrected chi connectivity index (χ3v) is 3.91. The van der Waals surface area contributed by atoms with Crippen molar-refractivity contribution < 1.29 is 4.74 Å². The highest BCUT2D eigenvalue weighted by Gasteiger charge is 2.50. The summed E-state index contributed by atoms with van der Waals surface area (Å²) in [6, 6.07) is 0.473. The average molecular weight is 223 g/mol. The zero-order valence-electron chi connectivity index (χ0n) is 10.5. The van der Waals surface area contributed by atoms with E-state index in [9.17, 15) is 0 Å². The Balaban J connectivity index is 2.24. The molecule has 0 saturated heterocycles. The number of hydrogen-bond donors (Lipinski definition) is 1. The first kappa shape index (κ1) is 11.6. The van der Waals surface area contributed by atoms with Crippen molar-refractivity contribution in [2.75, 3.05) is 7.11 Å². The Labute approximate surface area is 96.8 Å². The number of rotatable bonds is 3. The minimum absolute atomic E-state index is 0.0277. The van der Waals surface area contributed by atoms with Crippen molar-refractivity contribution in [1.82, 2.24) is 9.55 Å². The first-order valence-electron chi connectivity index (χ1n) is 5.78. The monoisotopic (exact) mass is 223 g/mol. The van der Waals surface area contributed by atoms with Crippen LogP contribution in [0.3, 0.4) is 0 Å². The van der Waals surface area contributed by atoms with E-state index < -0.39 is 0 Å². The molecule has 0 amide bonds. The molecule has 2 rings (SSSR count). The van der Waals surface area contributed by atoms with Crippen LogP contribution in [0.4, 0.5) is 0 Å². The van der Waals surface area contributed by atoms with E-state index in [1.54, 1.807) is 7.11 Å². The van der Waals surface area contributed by atoms with E-state index in [0.29, 0.717) is 12.1 Å². The van der Waals surface area contributed by atoms with Gasteiger partial charge < -0.3 is 15.0 Å². The maximum atomic E-state index is 5.94. The van der Waals surface area contributed by atoms with Gasteiger partial charge in [0.1, 0.15) is 0 Å². The van der Waals surface area contributed by atoms with Crippen molar-refractivity contribution in [3.05, 3.63) is 18.2 Å². The van der Waals surface area contributed by atoms with Crippen LogP contribution in [0.2, 0.25) is 0 Å². The summed E-state index contributed by atoms with van der Waals surface area (Å²) in [6.07, 6.45) is 5.12. The first-order valence-corrected chi connectivity index (χ1v) is 5.78. The molecular weight excluding hydrogens is 202 g/mol. The van der Waals surface area contributed by atoms with Crippen molar-refractivity contribution in [2.24, 2.45) is 11.1 Å². The van der Waals surface area contributed by atoms with Gasteiger partial charge in [-0.3, -0.25) is 0 Å². The summed E-state index contributed by atoms with van der Waals surface area (Å²) in [4.78, 5) is 4.20. The quantitative estimate of drug-likeness (QED) is 0.851. The maximum Gasteiger partial charge on any atom is 0.0951 e. The van der Waals surface area contributed by atoms with E-state index >= 15 is 0 Å². The maximum absolute atomic E-state index is 5.94. The zero-order chi connectivity index (χ0) is 11.9. The minimum Gasteiger partial charge on any atom is -0.381 e. The number of ether oxygens (including phenoxy) is 1. The van der Waals surface area contributed by atoms with Crippen LogP contribution in [0.5, 0.6) is 0 Å². The molecule has 1 aliphatic carbocycles. The standard InChI is InChI=1S/C12H21N3O/c1-8(13)9-6-14-7-15(9)10-5-11(16-4)12(10,2)3/h6-8,10-11H,5,13H2,1-4H3/t8-,10?,11?/m1/s1. The van der Waals surface area contributed by atoms with Crippen LogP contribution in [0.15, 0.2) is 12.5 Å². The van der Waals surface area contributed by atoms with Crippen molar-refractivity contribution in [3.63, 3.8) is 0 Å². The predicted molar refractivity (Wildman–Crippen MR) is 63.1 cm³/mol. The smallest absolute Gasteiger partial charge is 0.0951 e. The van der Waals surface area contributed by atoms with Crippen molar-refractivity contribution in [1.29, 1.82) is 0 Å². The number of imidazole rings is 1. The summed E-state index contributed by atoms with van der Waals surface area (Å²) in [6.45, 7) is 6.47. The lowest BCUT2D eigenvalue weighted by Crippen LogP contribution is -2.51. The topological polar surface area (TPSA) is 53.1 Å². The SMILES string of the molecule is COC1CC(n2cncc2[C@@H](C)N)C1(C)C. The number of aromatic nitrogens is 2. The molecule has 1 saturated carbocycles. The molecule has 1 aromatic heterocycles. The second-order valence-electron chi connectivity index (χ2n) is 5.31. The molecule has 0 aromatic carbocycles. The summed E-state index contributed by atoms with van der Waals surface area (Å²) < 4.78 is 7.67. The molecule has 2 unspecified atom stereocenters. The summed E-state index contributed by atoms with van der Waals surface area (Å²) in [5.74, 6) is 0. The summed E-state index contributed by atoms with van der Waals surface area (Å²) in [7, 11) is 1.78. The lowest BCUT2D eigenvalue weighted by molar-refractivity contribution is -0.113. The molecule has 4 nitrogen and oxygen atoms in total. The second-order valence-corrected chi connectivity index (χ2v) is 5.31. The fourth-order valence-electron chi connectivity index (χ4n) is 2.66. The van der Waals surface area contributed by atoms with Crippen LogP contribution in [-0.4, -0.2) is 22.8 Å². The summed E-state index contributed by atoms with van der Waals surface area (Å²) in [5, 5.41) is 0. The highest BCUT2D eigenvalue weighted by atomic mass is 16.5. The molecule has 1 fully saturated rings. The van der Waals surface area contributed by atoms with Crippen LogP contribution in [0, 0.1) is 5.41 Å². The highest BCUT2D eigenvalue weighted by molar-refractivity contribution is 5.11. The van der Waals surface area contributed by atoms with E-state index in [2.05, 4.69) is 23.4 Å². The molecule has 0 spiro atoms. The largest absolute Gasteiger partial charge is 0.381 e. The third kappa shape index (κ3) is 1.57. The summed E-state index contributed by atoms with van der Waals surface area (Å²) >= 11 is 0. The van der Waals surface area contributed by atoms with E-state index in [0.717, 1.165) is 12.1 Å². The van der Waals surface area contributed by atoms with Gasteiger partial charge in [-0.25, -0.2) is 4.98 Å². The Bertz CT molecular complexity index is 370. The summed E-state index contributed by atoms with van der Waals surface area (Å²) in [5.41, 5.74) is 7.20. The number of hydrogen-bond acceptors (Lipinski definition) is 3. The van der Waals surface area contributed by atoms with E-state index in [1.165, 1.54) is 0 Å². The van der Waals surface area contributed by atoms with E-state index in [-0.39, 0.29) is 11.5 Å². The van der Waals surface area contributed by atoms with Gasteiger partial charge in [0.15, 0.2) is 0 Å². The fourth-order valence-corrected chi connectivity index (χ4v) is 2.66. The first-order chi connectivity index (χ1) is 7.48. The molecule has 2 N–H and O–H groups in total. The number of nitrogens with zero attached hydrogens (tertiary/aromatic N) is 2. The molecule has 1 aliphatic rings. The van der Waals surface area contributed by atoms with E-state index in [1.807, 2.05) is 19.4 Å². The van der Waals surface area contributed by atoms with Crippen LogP contribution in [-0.2, 0) is 4.74 Å². The van der Waals surface area contributed by atoms with Gasteiger partial charge >= 0.3 is 0 Å². The Morgan fingerprint density at radius 1 is 1.62 bits per heavy atom. The van der Waals surface area contributed by atoms with Gasteiger partial charge in [0, 0.05) is 30.8 Å². The molecular formula is C12H21N3O. The molecule has 16 heavy (non-hydrogen) atoms. The third-order valence-electron chi connectivity index (χ3n) is 3.91. The van der Waals surface area contributed by atoms with Crippen LogP contribution < -0.4 is 5.73 Å². The Kier molecular flexibility index (Phi) is 2.80. The minimum atomic E-state index is 0.0277. The Morgan fingerprint density at radius 2 is 2.31 bits per heavy atom. The molecule has 0 aliphatic heterocycles. The molecule has 3 atom stereocenters. The van der Waals surface area contributed by atoms with Crippen molar-refractivity contribution in [3.8, 4) is 0 Å². The highest BCUT2D eigenvalue weighted by Crippen LogP contribution is 2.51. The van der Waals surface area contributed by atoms with Crippen LogP contribution in [0.1, 0.15) is 45.0 Å². The number of nitrogens with two attached hydrogens (primary N) is 1. The van der Waals surface area contributed by atoms with Crippen molar-refractivity contribution >= 4 is 0 Å². The van der Waals surface area contributed by atoms with Gasteiger partial charge in [0.2, 0.25) is 0 Å². The normalized spacial score (nSPS) is 29.8. The predicted octanol–water partition coefficient (Wildman–Crippen LogP) is 1.89.